The second-order valence-electron chi connectivity index (χ2n) is 25.2. The number of likely N-dealkylation sites (tertiary alicyclic amines) is 1. The minimum atomic E-state index is -5.08. The van der Waals surface area contributed by atoms with Gasteiger partial charge in [0.25, 0.3) is 5.91 Å². The van der Waals surface area contributed by atoms with Gasteiger partial charge < -0.3 is 101 Å². The van der Waals surface area contributed by atoms with Crippen LogP contribution >= 0.6 is 22.6 Å². The Morgan fingerprint density at radius 1 is 0.518 bits per heavy atom. The van der Waals surface area contributed by atoms with Crippen LogP contribution in [0.2, 0.25) is 0 Å². The number of aromatic hydroxyl groups is 1. The maximum absolute atomic E-state index is 14.8. The first-order valence-corrected chi connectivity index (χ1v) is 35.6. The largest absolute Gasteiger partial charge is 0.507 e. The van der Waals surface area contributed by atoms with Crippen LogP contribution in [0.25, 0.3) is 0 Å². The number of amides is 11. The van der Waals surface area contributed by atoms with Crippen molar-refractivity contribution in [3.8, 4) is 11.5 Å². The minimum Gasteiger partial charge on any atom is -0.507 e. The summed E-state index contributed by atoms with van der Waals surface area (Å²) in [6.07, 6.45) is -12.2. The highest BCUT2D eigenvalue weighted by atomic mass is 127. The van der Waals surface area contributed by atoms with Crippen molar-refractivity contribution >= 4 is 117 Å². The average molecular weight is 1720 g/mol. The molecule has 24 N–H and O–H groups in total. The Morgan fingerprint density at radius 3 is 1.43 bits per heavy atom. The van der Waals surface area contributed by atoms with Crippen molar-refractivity contribution in [1.29, 1.82) is 10.8 Å². The van der Waals surface area contributed by atoms with Gasteiger partial charge in [0, 0.05) is 62.0 Å². The van der Waals surface area contributed by atoms with Crippen molar-refractivity contribution in [2.24, 2.45) is 28.7 Å². The summed E-state index contributed by atoms with van der Waals surface area (Å²) in [6, 6.07) is 22.0. The number of benzene rings is 5. The molecule has 0 aromatic heterocycles. The number of carbonyl (C=O) groups is 14. The van der Waals surface area contributed by atoms with Gasteiger partial charge in [-0.05, 0) is 121 Å². The van der Waals surface area contributed by atoms with E-state index in [-0.39, 0.29) is 100 Å². The Balaban J connectivity index is 0.00000178. The second kappa shape index (κ2) is 45.6. The highest BCUT2D eigenvalue weighted by molar-refractivity contribution is 14.1. The van der Waals surface area contributed by atoms with Gasteiger partial charge in [-0.3, -0.25) is 68.4 Å². The fourth-order valence-corrected chi connectivity index (χ4v) is 11.4. The number of phenolic OH excluding ortho intramolecular Hbond substituents is 1. The number of halogens is 7. The van der Waals surface area contributed by atoms with Crippen LogP contribution < -0.4 is 81.3 Å². The van der Waals surface area contributed by atoms with Gasteiger partial charge in [-0.15, -0.1) is 0 Å². The summed E-state index contributed by atoms with van der Waals surface area (Å²) in [4.78, 5) is 186. The molecule has 0 bridgehead atoms. The van der Waals surface area contributed by atoms with E-state index >= 15 is 0 Å². The number of ketones is 1. The van der Waals surface area contributed by atoms with Crippen LogP contribution in [0.1, 0.15) is 101 Å². The standard InChI is InChI=1S/C68H84IN17O14.2C2HF3O2/c1-100-44-25-18-39(19-26-44)35-50(83-59(92)43-23-21-42(22-24-43)57(90)41-13-6-3-7-14-41)63(96)84-51(34-38-11-4-2-5-12-38)62(95)79-47(27-29-55(70)88)61(94)85-52(37-56(71)89)64(97)81-48(16-9-31-78-68(75)76)66(99)86-32-10-17-53(86)65(98)80-46(15-8-30-77-67(73)74)60(93)82-49(58(72)91)36-40-20-28-54(87)45(69)33-40;2*3-2(4,5)1(6)7/h2-7,11-14,18-26,28,33,46-53,87H,8-10,15-17,27,29-32,34-37H2,1H3,(H2,70,88)(H2,71,89)(H2,72,91)(H,79,95)(H,80,98)(H,81,97)(H,82,93)(H,83,92)(H,84,96)(H,85,94)(H4,73,74,77)(H4,75,76,78);2*(H,6,7)/t46-,47-,48-,49-,50+,51-,52-,53-;;/m0../s1. The predicted octanol–water partition coefficient (Wildman–Crippen LogP) is 0.382. The predicted molar refractivity (Wildman–Crippen MR) is 402 cm³/mol. The number of alkyl halides is 6. The number of nitrogens with zero attached hydrogens (tertiary/aromatic N) is 1. The monoisotopic (exact) mass is 1720 g/mol. The van der Waals surface area contributed by atoms with Gasteiger partial charge in [0.2, 0.25) is 59.1 Å². The number of nitrogens with one attached hydrogen (secondary N) is 11. The van der Waals surface area contributed by atoms with E-state index in [4.69, 9.17) is 64.0 Å². The average Bonchev–Trinajstić information content (AvgIpc) is 1.76. The lowest BCUT2D eigenvalue weighted by Crippen LogP contribution is -2.61. The van der Waals surface area contributed by atoms with Gasteiger partial charge in [-0.1, -0.05) is 91.0 Å². The number of phenols is 1. The summed E-state index contributed by atoms with van der Waals surface area (Å²) in [6.45, 7) is 0.0678. The summed E-state index contributed by atoms with van der Waals surface area (Å²) < 4.78 is 69.3. The smallest absolute Gasteiger partial charge is 0.490 e. The molecule has 1 aliphatic rings. The zero-order valence-electron chi connectivity index (χ0n) is 60.8. The first-order chi connectivity index (χ1) is 53.6. The summed E-state index contributed by atoms with van der Waals surface area (Å²) in [5.41, 5.74) is 30.4. The minimum absolute atomic E-state index is 0.00712. The van der Waals surface area contributed by atoms with Crippen LogP contribution in [0, 0.1) is 14.4 Å². The molecular formula is C72H86F6IN17O18. The van der Waals surface area contributed by atoms with Gasteiger partial charge in [0.1, 0.15) is 59.8 Å². The first kappa shape index (κ1) is 93.7. The van der Waals surface area contributed by atoms with Crippen molar-refractivity contribution in [2.45, 2.75) is 138 Å². The number of guanidine groups is 2. The Kier molecular flexibility index (Phi) is 37.5. The number of methoxy groups -OCH3 is 1. The summed E-state index contributed by atoms with van der Waals surface area (Å²) >= 11 is 1.89. The second-order valence-corrected chi connectivity index (χ2v) is 26.4. The Hall–Kier alpha value is -12.7. The molecule has 0 aliphatic carbocycles. The number of carbonyl (C=O) groups excluding carboxylic acids is 12. The topological polar surface area (TPSA) is 598 Å². The molecule has 1 fully saturated rings. The molecule has 1 heterocycles. The van der Waals surface area contributed by atoms with Crippen molar-refractivity contribution in [1.82, 2.24) is 52.8 Å². The molecular weight excluding hydrogens is 1630 g/mol. The molecule has 5 aromatic rings. The SMILES string of the molecule is COc1ccc(C[C@@H](NC(=O)c2ccc(C(=O)c3ccccc3)cc2)C(=O)N[C@@H](Cc2ccccc2)C(=O)N[C@@H](CCC(N)=O)C(=O)N[C@@H](CC(N)=O)C(=O)N[C@@H](CCCNC(=N)N)C(=O)N2CCC[C@H]2C(=O)N[C@@H](CCCNC(=N)N)C(=O)N[C@@H](Cc2ccc(O)c(I)c2)C(N)=O)cc1.O=C(O)C(F)(F)F.O=C(O)C(F)(F)F. The van der Waals surface area contributed by atoms with E-state index in [1.54, 1.807) is 97.1 Å². The van der Waals surface area contributed by atoms with E-state index in [1.807, 2.05) is 22.6 Å². The van der Waals surface area contributed by atoms with Crippen LogP contribution in [0.4, 0.5) is 26.3 Å². The summed E-state index contributed by atoms with van der Waals surface area (Å²) in [5, 5.41) is 63.0. The highest BCUT2D eigenvalue weighted by Gasteiger charge is 2.42. The molecule has 35 nitrogen and oxygen atoms in total. The van der Waals surface area contributed by atoms with Crippen LogP contribution in [0.15, 0.2) is 127 Å². The molecule has 0 saturated carbocycles. The van der Waals surface area contributed by atoms with Crippen LogP contribution in [-0.2, 0) is 76.8 Å². The Bertz CT molecular complexity index is 4210. The number of hydrogen-bond acceptors (Lipinski definition) is 18. The van der Waals surface area contributed by atoms with E-state index in [2.05, 4.69) is 47.9 Å². The van der Waals surface area contributed by atoms with Crippen molar-refractivity contribution < 1.29 is 114 Å². The zero-order valence-corrected chi connectivity index (χ0v) is 63.0. The molecule has 0 radical (unpaired) electrons. The molecule has 0 unspecified atom stereocenters. The van der Waals surface area contributed by atoms with E-state index in [9.17, 15) is 89.0 Å². The number of primary amides is 3. The molecule has 616 valence electrons. The number of nitrogens with two attached hydrogens (primary N) is 5. The van der Waals surface area contributed by atoms with Crippen LogP contribution in [0.3, 0.4) is 0 Å². The molecule has 1 aliphatic heterocycles. The lowest BCUT2D eigenvalue weighted by Gasteiger charge is -2.31. The van der Waals surface area contributed by atoms with E-state index in [0.717, 1.165) is 0 Å². The van der Waals surface area contributed by atoms with Crippen LogP contribution in [0.5, 0.6) is 11.5 Å². The van der Waals surface area contributed by atoms with Crippen molar-refractivity contribution in [2.75, 3.05) is 26.7 Å². The molecule has 8 atom stereocenters. The van der Waals surface area contributed by atoms with Gasteiger partial charge in [-0.25, -0.2) is 9.59 Å². The van der Waals surface area contributed by atoms with E-state index in [0.29, 0.717) is 37.1 Å². The number of aliphatic carboxylic acids is 2. The first-order valence-electron chi connectivity index (χ1n) is 34.5. The quantitative estimate of drug-likeness (QED) is 0.00634. The van der Waals surface area contributed by atoms with Gasteiger partial charge in [0.05, 0.1) is 17.1 Å². The Morgan fingerprint density at radius 2 is 0.939 bits per heavy atom. The van der Waals surface area contributed by atoms with Gasteiger partial charge in [0.15, 0.2) is 17.7 Å². The fourth-order valence-electron chi connectivity index (χ4n) is 10.9. The molecule has 5 aromatic carbocycles. The number of hydrogen-bond donors (Lipinski definition) is 19. The molecule has 6 rings (SSSR count). The molecule has 114 heavy (non-hydrogen) atoms. The van der Waals surface area contributed by atoms with E-state index in [1.165, 1.54) is 42.3 Å². The number of rotatable bonds is 38. The molecule has 42 heteroatoms. The molecule has 11 amide bonds. The van der Waals surface area contributed by atoms with Crippen molar-refractivity contribution in [3.63, 3.8) is 0 Å². The van der Waals surface area contributed by atoms with Crippen LogP contribution in [-0.4, -0.2) is 202 Å². The maximum atomic E-state index is 14.8. The Labute approximate surface area is 660 Å². The van der Waals surface area contributed by atoms with Gasteiger partial charge in [-0.2, -0.15) is 26.3 Å². The lowest BCUT2D eigenvalue weighted by atomic mass is 10.0. The number of carboxylic acids is 2. The van der Waals surface area contributed by atoms with Crippen molar-refractivity contribution in [3.05, 3.63) is 164 Å². The summed E-state index contributed by atoms with van der Waals surface area (Å²) in [7, 11) is 1.47. The maximum Gasteiger partial charge on any atom is 0.490 e. The number of carboxylic acid groups (broad SMARTS) is 2. The number of ether oxygens (including phenoxy) is 1. The van der Waals surface area contributed by atoms with Gasteiger partial charge >= 0.3 is 24.3 Å². The lowest BCUT2D eigenvalue weighted by molar-refractivity contribution is -0.193. The molecule has 0 spiro atoms. The third-order valence-electron chi connectivity index (χ3n) is 16.6. The normalized spacial score (nSPS) is 14.1. The zero-order chi connectivity index (χ0) is 85.2. The third-order valence-corrected chi connectivity index (χ3v) is 17.4. The molecule has 1 saturated heterocycles. The third kappa shape index (κ3) is 32.7. The fraction of sp³-hybridized carbons (Fsp3) is 0.361. The van der Waals surface area contributed by atoms with E-state index < -0.39 is 163 Å². The highest BCUT2D eigenvalue weighted by Crippen LogP contribution is 2.24. The summed E-state index contributed by atoms with van der Waals surface area (Å²) in [5.74, 6) is -16.3.